The third-order valence-electron chi connectivity index (χ3n) is 7.34. The van der Waals surface area contributed by atoms with E-state index in [9.17, 15) is 0 Å². The highest BCUT2D eigenvalue weighted by Gasteiger charge is 2.44. The van der Waals surface area contributed by atoms with Crippen LogP contribution in [0.5, 0.6) is 0 Å². The normalized spacial score (nSPS) is 19.4. The Morgan fingerprint density at radius 3 is 2.44 bits per heavy atom. The molecule has 4 aromatic heterocycles. The number of aromatic nitrogens is 6. The minimum absolute atomic E-state index is 0.561. The van der Waals surface area contributed by atoms with Crippen molar-refractivity contribution in [2.45, 2.75) is 58.7 Å². The zero-order valence-corrected chi connectivity index (χ0v) is 21.1. The third kappa shape index (κ3) is 4.60. The van der Waals surface area contributed by atoms with E-state index < -0.39 is 0 Å². The molecular weight excluding hydrogens is 448 g/mol. The molecule has 2 atom stereocenters. The Morgan fingerprint density at radius 1 is 0.917 bits per heavy atom. The molecule has 184 valence electrons. The number of H-pyrrole nitrogens is 1. The maximum Gasteiger partial charge on any atom is 0.161 e. The van der Waals surface area contributed by atoms with Crippen LogP contribution in [0.15, 0.2) is 48.8 Å². The molecular formula is C28H32N8. The average Bonchev–Trinajstić information content (AvgIpc) is 3.31. The molecule has 1 N–H and O–H groups in total. The Bertz CT molecular complexity index is 1330. The lowest BCUT2D eigenvalue weighted by Crippen LogP contribution is -2.68. The van der Waals surface area contributed by atoms with E-state index in [-0.39, 0.29) is 0 Å². The molecule has 3 aliphatic rings. The predicted octanol–water partition coefficient (Wildman–Crippen LogP) is 3.89. The Balaban J connectivity index is 1.11. The maximum absolute atomic E-state index is 4.81. The van der Waals surface area contributed by atoms with E-state index in [0.29, 0.717) is 24.3 Å². The van der Waals surface area contributed by atoms with Crippen LogP contribution in [0.3, 0.4) is 0 Å². The average molecular weight is 481 g/mol. The van der Waals surface area contributed by atoms with Crippen LogP contribution in [0.4, 0.5) is 5.82 Å². The number of hydrogen-bond acceptors (Lipinski definition) is 7. The summed E-state index contributed by atoms with van der Waals surface area (Å²) in [6, 6.07) is 13.8. The summed E-state index contributed by atoms with van der Waals surface area (Å²) in [6.07, 6.45) is 6.89. The van der Waals surface area contributed by atoms with Gasteiger partial charge in [-0.15, -0.1) is 0 Å². The second-order valence-corrected chi connectivity index (χ2v) is 10.1. The Hall–Kier alpha value is -3.65. The lowest BCUT2D eigenvalue weighted by Gasteiger charge is -2.56. The standard InChI is InChI=1S/C28H32N8/c1-4-20-5-7-22(29-13-20)15-36-25-12-26(36)17-35(16-25)27-8-6-21(14-30-27)28-31-18(2)9-23(32-28)11-24-10-19(3)33-34-24/h5-10,13-14,25-26H,4,11-12,15-17H2,1-3H3,(H,33,34). The van der Waals surface area contributed by atoms with Gasteiger partial charge in [-0.1, -0.05) is 13.0 Å². The summed E-state index contributed by atoms with van der Waals surface area (Å²) in [5.74, 6) is 1.74. The van der Waals surface area contributed by atoms with Crippen molar-refractivity contribution in [3.05, 3.63) is 82.8 Å². The smallest absolute Gasteiger partial charge is 0.161 e. The fourth-order valence-corrected chi connectivity index (χ4v) is 5.39. The first-order valence-corrected chi connectivity index (χ1v) is 12.8. The van der Waals surface area contributed by atoms with Crippen LogP contribution in [-0.4, -0.2) is 60.2 Å². The van der Waals surface area contributed by atoms with Crippen molar-refractivity contribution >= 4 is 5.82 Å². The van der Waals surface area contributed by atoms with Gasteiger partial charge < -0.3 is 4.90 Å². The number of piperazine rings is 1. The minimum Gasteiger partial charge on any atom is -0.353 e. The van der Waals surface area contributed by atoms with Gasteiger partial charge in [-0.05, 0) is 62.6 Å². The van der Waals surface area contributed by atoms with Crippen LogP contribution in [0.2, 0.25) is 0 Å². The number of nitrogens with one attached hydrogen (secondary N) is 1. The summed E-state index contributed by atoms with van der Waals surface area (Å²) in [6.45, 7) is 9.12. The highest BCUT2D eigenvalue weighted by molar-refractivity contribution is 5.57. The molecule has 8 heteroatoms. The van der Waals surface area contributed by atoms with Crippen molar-refractivity contribution < 1.29 is 0 Å². The molecule has 3 aliphatic heterocycles. The monoisotopic (exact) mass is 480 g/mol. The lowest BCUT2D eigenvalue weighted by molar-refractivity contribution is -0.00968. The summed E-state index contributed by atoms with van der Waals surface area (Å²) in [7, 11) is 0. The van der Waals surface area contributed by atoms with E-state index in [1.54, 1.807) is 0 Å². The summed E-state index contributed by atoms with van der Waals surface area (Å²) in [5.41, 5.74) is 7.34. The van der Waals surface area contributed by atoms with Crippen molar-refractivity contribution in [3.8, 4) is 11.4 Å². The van der Waals surface area contributed by atoms with Crippen LogP contribution in [0.25, 0.3) is 11.4 Å². The van der Waals surface area contributed by atoms with Crippen LogP contribution >= 0.6 is 0 Å². The van der Waals surface area contributed by atoms with E-state index >= 15 is 0 Å². The molecule has 3 fully saturated rings. The minimum atomic E-state index is 0.561. The summed E-state index contributed by atoms with van der Waals surface area (Å²) < 4.78 is 0. The number of piperidine rings is 1. The van der Waals surface area contributed by atoms with Crippen molar-refractivity contribution in [2.75, 3.05) is 18.0 Å². The number of anilines is 1. The zero-order valence-electron chi connectivity index (χ0n) is 21.1. The van der Waals surface area contributed by atoms with E-state index in [4.69, 9.17) is 9.97 Å². The van der Waals surface area contributed by atoms with Gasteiger partial charge in [-0.25, -0.2) is 15.0 Å². The third-order valence-corrected chi connectivity index (χ3v) is 7.34. The first kappa shape index (κ1) is 22.8. The number of nitrogens with zero attached hydrogens (tertiary/aromatic N) is 7. The molecule has 0 radical (unpaired) electrons. The topological polar surface area (TPSA) is 86.7 Å². The number of rotatable bonds is 7. The molecule has 0 aliphatic carbocycles. The van der Waals surface area contributed by atoms with Gasteiger partial charge in [-0.3, -0.25) is 15.0 Å². The lowest BCUT2D eigenvalue weighted by atomic mass is 9.87. The Kier molecular flexibility index (Phi) is 5.97. The number of aryl methyl sites for hydroxylation is 3. The second kappa shape index (κ2) is 9.43. The van der Waals surface area contributed by atoms with E-state index in [1.807, 2.05) is 32.3 Å². The fraction of sp³-hybridized carbons (Fsp3) is 0.393. The number of pyridine rings is 2. The fourth-order valence-electron chi connectivity index (χ4n) is 5.39. The highest BCUT2D eigenvalue weighted by atomic mass is 15.4. The Morgan fingerprint density at radius 2 is 1.78 bits per heavy atom. The predicted molar refractivity (Wildman–Crippen MR) is 140 cm³/mol. The van der Waals surface area contributed by atoms with Crippen LogP contribution in [0, 0.1) is 13.8 Å². The SMILES string of the molecule is CCc1ccc(CN2C3CC2CN(c2ccc(-c4nc(C)cc(Cc5cc(C)[nH]n5)n4)cn2)C3)nc1. The molecule has 3 saturated heterocycles. The first-order valence-electron chi connectivity index (χ1n) is 12.8. The molecule has 7 heterocycles. The van der Waals surface area contributed by atoms with Gasteiger partial charge in [0.1, 0.15) is 5.82 Å². The van der Waals surface area contributed by atoms with Gasteiger partial charge in [0.2, 0.25) is 0 Å². The van der Waals surface area contributed by atoms with E-state index in [1.165, 1.54) is 12.0 Å². The van der Waals surface area contributed by atoms with Crippen LogP contribution in [-0.2, 0) is 19.4 Å². The maximum atomic E-state index is 4.81. The van der Waals surface area contributed by atoms with Gasteiger partial charge in [-0.2, -0.15) is 5.10 Å². The largest absolute Gasteiger partial charge is 0.353 e. The Labute approximate surface area is 211 Å². The molecule has 36 heavy (non-hydrogen) atoms. The molecule has 7 rings (SSSR count). The second-order valence-electron chi connectivity index (χ2n) is 10.1. The molecule has 0 amide bonds. The number of aromatic amines is 1. The van der Waals surface area contributed by atoms with E-state index in [0.717, 1.165) is 65.9 Å². The molecule has 0 spiro atoms. The van der Waals surface area contributed by atoms with Gasteiger partial charge in [0, 0.05) is 67.5 Å². The molecule has 4 aromatic rings. The van der Waals surface area contributed by atoms with Crippen molar-refractivity contribution in [3.63, 3.8) is 0 Å². The van der Waals surface area contributed by atoms with Crippen molar-refractivity contribution in [2.24, 2.45) is 0 Å². The summed E-state index contributed by atoms with van der Waals surface area (Å²) >= 11 is 0. The summed E-state index contributed by atoms with van der Waals surface area (Å²) in [4.78, 5) is 23.9. The zero-order chi connectivity index (χ0) is 24.6. The van der Waals surface area contributed by atoms with Gasteiger partial charge in [0.25, 0.3) is 0 Å². The van der Waals surface area contributed by atoms with E-state index in [2.05, 4.69) is 67.2 Å². The quantitative estimate of drug-likeness (QED) is 0.429. The van der Waals surface area contributed by atoms with Crippen LogP contribution in [0.1, 0.15) is 47.4 Å². The number of hydrogen-bond donors (Lipinski definition) is 1. The highest BCUT2D eigenvalue weighted by Crippen LogP contribution is 2.35. The number of fused-ring (bicyclic) bond motifs is 2. The molecule has 8 nitrogen and oxygen atoms in total. The first-order chi connectivity index (χ1) is 17.5. The molecule has 0 aromatic carbocycles. The van der Waals surface area contributed by atoms with Gasteiger partial charge in [0.15, 0.2) is 5.82 Å². The molecule has 0 saturated carbocycles. The molecule has 2 unspecified atom stereocenters. The van der Waals surface area contributed by atoms with Gasteiger partial charge >= 0.3 is 0 Å². The summed E-state index contributed by atoms with van der Waals surface area (Å²) in [5, 5.41) is 7.34. The van der Waals surface area contributed by atoms with Crippen LogP contribution < -0.4 is 4.90 Å². The molecule has 2 bridgehead atoms. The van der Waals surface area contributed by atoms with Crippen molar-refractivity contribution in [1.82, 2.24) is 35.0 Å². The van der Waals surface area contributed by atoms with Gasteiger partial charge in [0.05, 0.1) is 17.1 Å². The van der Waals surface area contributed by atoms with Crippen molar-refractivity contribution in [1.29, 1.82) is 0 Å².